The Bertz CT molecular complexity index is 220. The molecule has 0 amide bonds. The summed E-state index contributed by atoms with van der Waals surface area (Å²) < 4.78 is 3.90. The largest absolute Gasteiger partial charge is 0.313 e. The molecule has 0 aliphatic carbocycles. The van der Waals surface area contributed by atoms with E-state index in [1.807, 2.05) is 6.07 Å². The van der Waals surface area contributed by atoms with Crippen LogP contribution < -0.4 is 5.32 Å². The first kappa shape index (κ1) is 8.36. The van der Waals surface area contributed by atoms with Gasteiger partial charge in [0.15, 0.2) is 5.78 Å². The predicted molar refractivity (Wildman–Crippen MR) is 44.8 cm³/mol. The molecule has 0 atom stereocenters. The maximum atomic E-state index is 11.0. The van der Waals surface area contributed by atoms with Gasteiger partial charge in [-0.05, 0) is 24.6 Å². The van der Waals surface area contributed by atoms with Crippen LogP contribution in [0.2, 0.25) is 0 Å². The maximum absolute atomic E-state index is 11.0. The molecule has 1 rings (SSSR count). The third-order valence-corrected chi connectivity index (χ3v) is 1.98. The summed E-state index contributed by atoms with van der Waals surface area (Å²) in [4.78, 5) is 12.1. The Morgan fingerprint density at radius 1 is 1.82 bits per heavy atom. The van der Waals surface area contributed by atoms with Gasteiger partial charge in [-0.2, -0.15) is 0 Å². The van der Waals surface area contributed by atoms with Crippen molar-refractivity contribution in [2.45, 2.75) is 6.42 Å². The third kappa shape index (κ3) is 2.78. The van der Waals surface area contributed by atoms with Gasteiger partial charge >= 0.3 is 0 Å². The summed E-state index contributed by atoms with van der Waals surface area (Å²) in [6.45, 7) is 0.442. The maximum Gasteiger partial charge on any atom is 0.151 e. The zero-order valence-corrected chi connectivity index (χ0v) is 7.15. The van der Waals surface area contributed by atoms with Crippen molar-refractivity contribution >= 4 is 17.3 Å². The van der Waals surface area contributed by atoms with E-state index >= 15 is 0 Å². The number of Topliss-reactive ketones (excluding diaryl/α,β-unsaturated/α-hetero) is 1. The number of rotatable bonds is 4. The first-order chi connectivity index (χ1) is 5.33. The minimum Gasteiger partial charge on any atom is -0.313 e. The normalized spacial score (nSPS) is 9.91. The van der Waals surface area contributed by atoms with Crippen molar-refractivity contribution in [3.63, 3.8) is 0 Å². The molecule has 0 aromatic carbocycles. The molecule has 60 valence electrons. The fourth-order valence-electron chi connectivity index (χ4n) is 0.787. The highest BCUT2D eigenvalue weighted by Crippen LogP contribution is 2.04. The molecule has 4 heteroatoms. The van der Waals surface area contributed by atoms with Gasteiger partial charge in [-0.25, -0.2) is 4.37 Å². The molecule has 0 aliphatic heterocycles. The van der Waals surface area contributed by atoms with Crippen molar-refractivity contribution in [2.24, 2.45) is 0 Å². The Kier molecular flexibility index (Phi) is 3.19. The fraction of sp³-hybridized carbons (Fsp3) is 0.429. The van der Waals surface area contributed by atoms with Gasteiger partial charge < -0.3 is 5.32 Å². The average molecular weight is 170 g/mol. The van der Waals surface area contributed by atoms with Crippen LogP contribution in [-0.2, 0) is 11.2 Å². The van der Waals surface area contributed by atoms with Crippen LogP contribution >= 0.6 is 11.5 Å². The van der Waals surface area contributed by atoms with E-state index in [4.69, 9.17) is 0 Å². The molecular formula is C7H10N2OS. The van der Waals surface area contributed by atoms with Crippen LogP contribution in [0.1, 0.15) is 4.88 Å². The molecule has 0 saturated heterocycles. The van der Waals surface area contributed by atoms with Crippen molar-refractivity contribution in [1.82, 2.24) is 9.69 Å². The van der Waals surface area contributed by atoms with E-state index in [1.54, 1.807) is 13.2 Å². The number of nitrogens with zero attached hydrogens (tertiary/aromatic N) is 1. The average Bonchev–Trinajstić information content (AvgIpc) is 2.40. The zero-order valence-electron chi connectivity index (χ0n) is 6.33. The minimum absolute atomic E-state index is 0.205. The minimum atomic E-state index is 0.205. The highest BCUT2D eigenvalue weighted by atomic mass is 32.1. The fourth-order valence-corrected chi connectivity index (χ4v) is 1.39. The van der Waals surface area contributed by atoms with E-state index in [9.17, 15) is 4.79 Å². The first-order valence-corrected chi connectivity index (χ1v) is 4.16. The molecule has 1 aromatic heterocycles. The zero-order chi connectivity index (χ0) is 8.10. The van der Waals surface area contributed by atoms with Crippen molar-refractivity contribution in [2.75, 3.05) is 13.6 Å². The smallest absolute Gasteiger partial charge is 0.151 e. The molecule has 0 saturated carbocycles. The molecule has 3 nitrogen and oxygen atoms in total. The quantitative estimate of drug-likeness (QED) is 0.714. The first-order valence-electron chi connectivity index (χ1n) is 3.39. The van der Waals surface area contributed by atoms with Gasteiger partial charge in [-0.3, -0.25) is 4.79 Å². The predicted octanol–water partition coefficient (Wildman–Crippen LogP) is 0.474. The van der Waals surface area contributed by atoms with Crippen molar-refractivity contribution in [3.8, 4) is 0 Å². The lowest BCUT2D eigenvalue weighted by atomic mass is 10.2. The topological polar surface area (TPSA) is 42.0 Å². The lowest BCUT2D eigenvalue weighted by Crippen LogP contribution is -2.19. The lowest BCUT2D eigenvalue weighted by Gasteiger charge is -1.94. The summed E-state index contributed by atoms with van der Waals surface area (Å²) in [7, 11) is 1.77. The Morgan fingerprint density at radius 3 is 3.18 bits per heavy atom. The number of carbonyl (C=O) groups is 1. The van der Waals surface area contributed by atoms with Crippen molar-refractivity contribution in [1.29, 1.82) is 0 Å². The van der Waals surface area contributed by atoms with Crippen LogP contribution in [0.15, 0.2) is 12.3 Å². The van der Waals surface area contributed by atoms with Gasteiger partial charge in [0.25, 0.3) is 0 Å². The van der Waals surface area contributed by atoms with E-state index in [-0.39, 0.29) is 5.78 Å². The number of likely N-dealkylation sites (N-methyl/N-ethyl adjacent to an activating group) is 1. The molecule has 1 aromatic rings. The van der Waals surface area contributed by atoms with Gasteiger partial charge in [0, 0.05) is 17.5 Å². The number of hydrogen-bond donors (Lipinski definition) is 1. The van der Waals surface area contributed by atoms with Gasteiger partial charge in [-0.1, -0.05) is 0 Å². The molecule has 11 heavy (non-hydrogen) atoms. The van der Waals surface area contributed by atoms with Crippen LogP contribution in [0, 0.1) is 0 Å². The Morgan fingerprint density at radius 2 is 2.64 bits per heavy atom. The Hall–Kier alpha value is -0.740. The number of aromatic nitrogens is 1. The van der Waals surface area contributed by atoms with E-state index in [0.29, 0.717) is 13.0 Å². The van der Waals surface area contributed by atoms with Gasteiger partial charge in [-0.15, -0.1) is 0 Å². The number of hydrogen-bond acceptors (Lipinski definition) is 4. The van der Waals surface area contributed by atoms with Crippen molar-refractivity contribution < 1.29 is 4.79 Å². The van der Waals surface area contributed by atoms with Crippen LogP contribution in [0.5, 0.6) is 0 Å². The second kappa shape index (κ2) is 4.20. The van der Waals surface area contributed by atoms with Crippen LogP contribution in [0.25, 0.3) is 0 Å². The summed E-state index contributed by atoms with van der Waals surface area (Å²) >= 11 is 1.38. The molecule has 0 aliphatic rings. The monoisotopic (exact) mass is 170 g/mol. The molecular weight excluding hydrogens is 160 g/mol. The third-order valence-electron chi connectivity index (χ3n) is 1.24. The van der Waals surface area contributed by atoms with Gasteiger partial charge in [0.1, 0.15) is 0 Å². The molecule has 0 unspecified atom stereocenters. The van der Waals surface area contributed by atoms with Crippen LogP contribution in [0.3, 0.4) is 0 Å². The Balaban J connectivity index is 2.37. The highest BCUT2D eigenvalue weighted by Gasteiger charge is 2.02. The standard InChI is InChI=1S/C7H10N2OS/c1-8-5-6(10)4-7-2-3-9-11-7/h2-3,8H,4-5H2,1H3. The second-order valence-corrected chi connectivity index (χ2v) is 3.14. The lowest BCUT2D eigenvalue weighted by molar-refractivity contribution is -0.117. The number of carbonyl (C=O) groups excluding carboxylic acids is 1. The number of ketones is 1. The summed E-state index contributed by atoms with van der Waals surface area (Å²) in [6.07, 6.45) is 2.22. The van der Waals surface area contributed by atoms with E-state index in [2.05, 4.69) is 9.69 Å². The van der Waals surface area contributed by atoms with Crippen LogP contribution in [0.4, 0.5) is 0 Å². The number of nitrogens with one attached hydrogen (secondary N) is 1. The molecule has 0 bridgehead atoms. The van der Waals surface area contributed by atoms with Crippen molar-refractivity contribution in [3.05, 3.63) is 17.1 Å². The van der Waals surface area contributed by atoms with E-state index < -0.39 is 0 Å². The van der Waals surface area contributed by atoms with Gasteiger partial charge in [0.05, 0.1) is 6.54 Å². The summed E-state index contributed by atoms with van der Waals surface area (Å²) in [5, 5.41) is 2.81. The van der Waals surface area contributed by atoms with Gasteiger partial charge in [0.2, 0.25) is 0 Å². The molecule has 1 heterocycles. The summed E-state index contributed by atoms with van der Waals surface area (Å²) in [6, 6.07) is 1.87. The highest BCUT2D eigenvalue weighted by molar-refractivity contribution is 7.05. The summed E-state index contributed by atoms with van der Waals surface area (Å²) in [5.74, 6) is 0.205. The molecule has 0 fully saturated rings. The van der Waals surface area contributed by atoms with E-state index in [1.165, 1.54) is 11.5 Å². The SMILES string of the molecule is CNCC(=O)Cc1ccns1. The molecule has 0 spiro atoms. The van der Waals surface area contributed by atoms with Crippen LogP contribution in [-0.4, -0.2) is 23.7 Å². The molecule has 0 radical (unpaired) electrons. The summed E-state index contributed by atoms with van der Waals surface area (Å²) in [5.41, 5.74) is 0. The molecule has 1 N–H and O–H groups in total. The second-order valence-electron chi connectivity index (χ2n) is 2.22. The van der Waals surface area contributed by atoms with E-state index in [0.717, 1.165) is 4.88 Å². The Labute approximate surface area is 69.6 Å².